The highest BCUT2D eigenvalue weighted by Gasteiger charge is 2.06. The van der Waals surface area contributed by atoms with Crippen molar-refractivity contribution < 1.29 is 0 Å². The van der Waals surface area contributed by atoms with Gasteiger partial charge in [-0.2, -0.15) is 0 Å². The van der Waals surface area contributed by atoms with Gasteiger partial charge in [-0.15, -0.1) is 0 Å². The fraction of sp³-hybridized carbons (Fsp3) is 0.250. The molecule has 2 heteroatoms. The Morgan fingerprint density at radius 1 is 1.29 bits per heavy atom. The van der Waals surface area contributed by atoms with Crippen LogP contribution in [0.25, 0.3) is 11.4 Å². The van der Waals surface area contributed by atoms with Crippen LogP contribution in [0, 0.1) is 0 Å². The zero-order valence-electron chi connectivity index (χ0n) is 8.57. The first-order chi connectivity index (χ1) is 6.83. The van der Waals surface area contributed by atoms with Crippen molar-refractivity contribution in [3.63, 3.8) is 0 Å². The summed E-state index contributed by atoms with van der Waals surface area (Å²) in [5.41, 5.74) is 2.59. The van der Waals surface area contributed by atoms with Crippen LogP contribution in [-0.4, -0.2) is 9.55 Å². The lowest BCUT2D eigenvalue weighted by atomic mass is 10.1. The SMILES string of the molecule is CCc1ccccc1-c1nccn1C. The Kier molecular flexibility index (Phi) is 2.35. The van der Waals surface area contributed by atoms with Crippen molar-refractivity contribution in [3.05, 3.63) is 42.2 Å². The van der Waals surface area contributed by atoms with Crippen LogP contribution in [0.4, 0.5) is 0 Å². The first-order valence-corrected chi connectivity index (χ1v) is 4.88. The summed E-state index contributed by atoms with van der Waals surface area (Å²) in [6.45, 7) is 2.17. The maximum atomic E-state index is 4.36. The zero-order valence-corrected chi connectivity index (χ0v) is 8.57. The molecule has 1 aromatic carbocycles. The number of imidazole rings is 1. The quantitative estimate of drug-likeness (QED) is 0.705. The van der Waals surface area contributed by atoms with Gasteiger partial charge in [-0.05, 0) is 12.0 Å². The minimum atomic E-state index is 1.04. The molecule has 0 aliphatic rings. The molecule has 0 saturated carbocycles. The number of aromatic nitrogens is 2. The Morgan fingerprint density at radius 3 is 2.71 bits per heavy atom. The molecular formula is C12H14N2. The third-order valence-electron chi connectivity index (χ3n) is 2.46. The Bertz CT molecular complexity index is 429. The second kappa shape index (κ2) is 3.66. The topological polar surface area (TPSA) is 17.8 Å². The van der Waals surface area contributed by atoms with Crippen molar-refractivity contribution in [1.29, 1.82) is 0 Å². The molecule has 0 fully saturated rings. The molecule has 2 rings (SSSR count). The number of benzene rings is 1. The summed E-state index contributed by atoms with van der Waals surface area (Å²) in [5.74, 6) is 1.04. The van der Waals surface area contributed by atoms with Crippen molar-refractivity contribution in [2.75, 3.05) is 0 Å². The molecule has 0 N–H and O–H groups in total. The van der Waals surface area contributed by atoms with Gasteiger partial charge in [-0.3, -0.25) is 0 Å². The largest absolute Gasteiger partial charge is 0.334 e. The van der Waals surface area contributed by atoms with Crippen LogP contribution in [0.1, 0.15) is 12.5 Å². The molecule has 2 aromatic rings. The molecule has 0 radical (unpaired) electrons. The Morgan fingerprint density at radius 2 is 2.07 bits per heavy atom. The lowest BCUT2D eigenvalue weighted by molar-refractivity contribution is 0.920. The van der Waals surface area contributed by atoms with Crippen LogP contribution in [0.3, 0.4) is 0 Å². The maximum absolute atomic E-state index is 4.36. The lowest BCUT2D eigenvalue weighted by Crippen LogP contribution is -1.94. The highest BCUT2D eigenvalue weighted by Crippen LogP contribution is 2.21. The van der Waals surface area contributed by atoms with Gasteiger partial charge in [0.05, 0.1) is 0 Å². The molecule has 2 nitrogen and oxygen atoms in total. The van der Waals surface area contributed by atoms with Crippen LogP contribution in [-0.2, 0) is 13.5 Å². The van der Waals surface area contributed by atoms with E-state index in [2.05, 4.69) is 40.7 Å². The molecule has 0 bridgehead atoms. The highest BCUT2D eigenvalue weighted by molar-refractivity contribution is 5.60. The monoisotopic (exact) mass is 186 g/mol. The van der Waals surface area contributed by atoms with Gasteiger partial charge >= 0.3 is 0 Å². The van der Waals surface area contributed by atoms with Crippen LogP contribution < -0.4 is 0 Å². The molecule has 0 aliphatic heterocycles. The van der Waals surface area contributed by atoms with Crippen molar-refractivity contribution >= 4 is 0 Å². The summed E-state index contributed by atoms with van der Waals surface area (Å²) < 4.78 is 2.05. The number of rotatable bonds is 2. The Balaban J connectivity index is 2.56. The first kappa shape index (κ1) is 9.00. The van der Waals surface area contributed by atoms with E-state index >= 15 is 0 Å². The van der Waals surface area contributed by atoms with Crippen molar-refractivity contribution in [1.82, 2.24) is 9.55 Å². The summed E-state index contributed by atoms with van der Waals surface area (Å²) in [6.07, 6.45) is 4.85. The number of hydrogen-bond donors (Lipinski definition) is 0. The van der Waals surface area contributed by atoms with Gasteiger partial charge in [0.25, 0.3) is 0 Å². The maximum Gasteiger partial charge on any atom is 0.139 e. The molecule has 14 heavy (non-hydrogen) atoms. The van der Waals surface area contributed by atoms with E-state index in [4.69, 9.17) is 0 Å². The zero-order chi connectivity index (χ0) is 9.97. The number of nitrogens with zero attached hydrogens (tertiary/aromatic N) is 2. The second-order valence-corrected chi connectivity index (χ2v) is 3.37. The number of hydrogen-bond acceptors (Lipinski definition) is 1. The van der Waals surface area contributed by atoms with Gasteiger partial charge in [0.1, 0.15) is 5.82 Å². The minimum Gasteiger partial charge on any atom is -0.334 e. The van der Waals surface area contributed by atoms with E-state index in [1.807, 2.05) is 19.4 Å². The van der Waals surface area contributed by atoms with Crippen LogP contribution in [0.15, 0.2) is 36.7 Å². The van der Waals surface area contributed by atoms with Gasteiger partial charge in [-0.25, -0.2) is 4.98 Å². The van der Waals surface area contributed by atoms with E-state index in [0.717, 1.165) is 12.2 Å². The van der Waals surface area contributed by atoms with E-state index < -0.39 is 0 Å². The normalized spacial score (nSPS) is 10.4. The summed E-state index contributed by atoms with van der Waals surface area (Å²) in [7, 11) is 2.02. The van der Waals surface area contributed by atoms with Gasteiger partial charge in [0.15, 0.2) is 0 Å². The minimum absolute atomic E-state index is 1.04. The summed E-state index contributed by atoms with van der Waals surface area (Å²) in [4.78, 5) is 4.36. The van der Waals surface area contributed by atoms with Gasteiger partial charge in [0.2, 0.25) is 0 Å². The van der Waals surface area contributed by atoms with Crippen LogP contribution >= 0.6 is 0 Å². The predicted molar refractivity (Wildman–Crippen MR) is 58.0 cm³/mol. The molecule has 72 valence electrons. The number of aryl methyl sites for hydroxylation is 2. The third-order valence-corrected chi connectivity index (χ3v) is 2.46. The Hall–Kier alpha value is -1.57. The summed E-state index contributed by atoms with van der Waals surface area (Å²) in [6, 6.07) is 8.42. The predicted octanol–water partition coefficient (Wildman–Crippen LogP) is 2.65. The molecule has 1 aromatic heterocycles. The molecule has 0 amide bonds. The average Bonchev–Trinajstić information content (AvgIpc) is 2.64. The molecule has 0 spiro atoms. The molecular weight excluding hydrogens is 172 g/mol. The summed E-state index contributed by atoms with van der Waals surface area (Å²) in [5, 5.41) is 0. The van der Waals surface area contributed by atoms with Crippen molar-refractivity contribution in [3.8, 4) is 11.4 Å². The van der Waals surface area contributed by atoms with Gasteiger partial charge < -0.3 is 4.57 Å². The smallest absolute Gasteiger partial charge is 0.139 e. The van der Waals surface area contributed by atoms with E-state index in [1.54, 1.807) is 0 Å². The Labute approximate surface area is 84.2 Å². The van der Waals surface area contributed by atoms with E-state index in [-0.39, 0.29) is 0 Å². The molecule has 0 saturated heterocycles. The lowest BCUT2D eigenvalue weighted by Gasteiger charge is -2.06. The van der Waals surface area contributed by atoms with Crippen molar-refractivity contribution in [2.24, 2.45) is 7.05 Å². The van der Waals surface area contributed by atoms with Crippen LogP contribution in [0.2, 0.25) is 0 Å². The molecule has 0 unspecified atom stereocenters. The first-order valence-electron chi connectivity index (χ1n) is 4.88. The van der Waals surface area contributed by atoms with Gasteiger partial charge in [-0.1, -0.05) is 31.2 Å². The van der Waals surface area contributed by atoms with Gasteiger partial charge in [0, 0.05) is 25.0 Å². The third kappa shape index (κ3) is 1.43. The fourth-order valence-electron chi connectivity index (χ4n) is 1.67. The highest BCUT2D eigenvalue weighted by atomic mass is 15.0. The van der Waals surface area contributed by atoms with E-state index in [1.165, 1.54) is 11.1 Å². The van der Waals surface area contributed by atoms with Crippen molar-refractivity contribution in [2.45, 2.75) is 13.3 Å². The average molecular weight is 186 g/mol. The van der Waals surface area contributed by atoms with Crippen LogP contribution in [0.5, 0.6) is 0 Å². The molecule has 0 atom stereocenters. The standard InChI is InChI=1S/C12H14N2/c1-3-10-6-4-5-7-11(10)12-13-8-9-14(12)2/h4-9H,3H2,1-2H3. The van der Waals surface area contributed by atoms with E-state index in [9.17, 15) is 0 Å². The molecule has 0 aliphatic carbocycles. The summed E-state index contributed by atoms with van der Waals surface area (Å²) >= 11 is 0. The van der Waals surface area contributed by atoms with E-state index in [0.29, 0.717) is 0 Å². The molecule has 1 heterocycles. The second-order valence-electron chi connectivity index (χ2n) is 3.37. The fourth-order valence-corrected chi connectivity index (χ4v) is 1.67.